The molecule has 0 fully saturated rings. The lowest BCUT2D eigenvalue weighted by atomic mass is 10.0. The maximum absolute atomic E-state index is 5.00. The molecule has 0 saturated carbocycles. The van der Waals surface area contributed by atoms with Crippen molar-refractivity contribution < 1.29 is 0 Å². The summed E-state index contributed by atoms with van der Waals surface area (Å²) < 4.78 is 2.43. The van der Waals surface area contributed by atoms with Crippen molar-refractivity contribution in [2.45, 2.75) is 33.2 Å². The molecule has 3 aromatic carbocycles. The van der Waals surface area contributed by atoms with E-state index in [1.165, 1.54) is 21.9 Å². The molecule has 0 radical (unpaired) electrons. The quantitative estimate of drug-likeness (QED) is 0.407. The molecule has 144 valence electrons. The average molecular weight is 372 g/mol. The molecule has 1 aromatic heterocycles. The van der Waals surface area contributed by atoms with Crippen LogP contribution in [0.25, 0.3) is 21.8 Å². The lowest BCUT2D eigenvalue weighted by molar-refractivity contribution is 0.293. The summed E-state index contributed by atoms with van der Waals surface area (Å²) in [6.07, 6.45) is 2.01. The van der Waals surface area contributed by atoms with Gasteiger partial charge in [-0.1, -0.05) is 68.4 Å². The highest BCUT2D eigenvalue weighted by atomic mass is 15.1. The molecule has 1 heterocycles. The van der Waals surface area contributed by atoms with Crippen molar-refractivity contribution >= 4 is 21.8 Å². The third-order valence-corrected chi connectivity index (χ3v) is 5.71. The summed E-state index contributed by atoms with van der Waals surface area (Å²) in [5.41, 5.74) is 3.69. The Morgan fingerprint density at radius 1 is 0.857 bits per heavy atom. The van der Waals surface area contributed by atoms with E-state index in [2.05, 4.69) is 90.0 Å². The third-order valence-electron chi connectivity index (χ3n) is 5.71. The van der Waals surface area contributed by atoms with Gasteiger partial charge in [-0.25, -0.2) is 4.98 Å². The number of aromatic nitrogens is 2. The first-order chi connectivity index (χ1) is 13.8. The van der Waals surface area contributed by atoms with Gasteiger partial charge in [-0.15, -0.1) is 0 Å². The van der Waals surface area contributed by atoms with Crippen LogP contribution >= 0.6 is 0 Å². The van der Waals surface area contributed by atoms with E-state index in [-0.39, 0.29) is 0 Å². The molecule has 28 heavy (non-hydrogen) atoms. The highest BCUT2D eigenvalue weighted by Crippen LogP contribution is 2.24. The summed E-state index contributed by atoms with van der Waals surface area (Å²) in [5, 5.41) is 2.62. The topological polar surface area (TPSA) is 21.1 Å². The minimum Gasteiger partial charge on any atom is -0.328 e. The van der Waals surface area contributed by atoms with Gasteiger partial charge in [-0.2, -0.15) is 0 Å². The standard InChI is InChI=1S/C25H29N3/c1-3-27(4-2)17-10-18-28-24-16-8-7-15-23(24)26-25(28)19-21-13-9-12-20-11-5-6-14-22(20)21/h5-9,11-16H,3-4,10,17-19H2,1-2H3. The first-order valence-corrected chi connectivity index (χ1v) is 10.4. The molecule has 0 unspecified atom stereocenters. The Kier molecular flexibility index (Phi) is 5.73. The minimum absolute atomic E-state index is 0.862. The molecule has 0 atom stereocenters. The monoisotopic (exact) mass is 371 g/mol. The molecular formula is C25H29N3. The van der Waals surface area contributed by atoms with Gasteiger partial charge >= 0.3 is 0 Å². The van der Waals surface area contributed by atoms with Crippen molar-refractivity contribution in [1.82, 2.24) is 14.5 Å². The van der Waals surface area contributed by atoms with Gasteiger partial charge in [0.15, 0.2) is 0 Å². The molecule has 0 aliphatic heterocycles. The van der Waals surface area contributed by atoms with Crippen LogP contribution in [0.15, 0.2) is 66.7 Å². The zero-order valence-electron chi connectivity index (χ0n) is 16.9. The highest BCUT2D eigenvalue weighted by molar-refractivity contribution is 5.86. The fourth-order valence-corrected chi connectivity index (χ4v) is 4.12. The second-order valence-electron chi connectivity index (χ2n) is 7.36. The number of hydrogen-bond donors (Lipinski definition) is 0. The summed E-state index contributed by atoms with van der Waals surface area (Å²) in [4.78, 5) is 7.49. The van der Waals surface area contributed by atoms with E-state index in [0.29, 0.717) is 0 Å². The first kappa shape index (κ1) is 18.7. The Hall–Kier alpha value is -2.65. The lowest BCUT2D eigenvalue weighted by Crippen LogP contribution is -2.25. The van der Waals surface area contributed by atoms with E-state index in [4.69, 9.17) is 4.98 Å². The lowest BCUT2D eigenvalue weighted by Gasteiger charge is -2.18. The molecule has 0 N–H and O–H groups in total. The van der Waals surface area contributed by atoms with E-state index in [1.807, 2.05) is 0 Å². The predicted octanol–water partition coefficient (Wildman–Crippen LogP) is 5.51. The number of para-hydroxylation sites is 2. The fourth-order valence-electron chi connectivity index (χ4n) is 4.12. The van der Waals surface area contributed by atoms with E-state index in [9.17, 15) is 0 Å². The number of imidazole rings is 1. The van der Waals surface area contributed by atoms with Gasteiger partial charge in [0.2, 0.25) is 0 Å². The first-order valence-electron chi connectivity index (χ1n) is 10.4. The molecule has 3 nitrogen and oxygen atoms in total. The molecular weight excluding hydrogens is 342 g/mol. The molecule has 0 bridgehead atoms. The summed E-state index contributed by atoms with van der Waals surface area (Å²) >= 11 is 0. The van der Waals surface area contributed by atoms with Crippen LogP contribution in [0, 0.1) is 0 Å². The van der Waals surface area contributed by atoms with Crippen molar-refractivity contribution in [3.05, 3.63) is 78.1 Å². The van der Waals surface area contributed by atoms with Gasteiger partial charge in [-0.3, -0.25) is 0 Å². The van der Waals surface area contributed by atoms with Crippen LogP contribution in [0.3, 0.4) is 0 Å². The van der Waals surface area contributed by atoms with Crippen LogP contribution in [0.5, 0.6) is 0 Å². The number of aryl methyl sites for hydroxylation is 1. The van der Waals surface area contributed by atoms with Gasteiger partial charge in [0.25, 0.3) is 0 Å². The Labute approximate surface area is 167 Å². The zero-order chi connectivity index (χ0) is 19.3. The molecule has 0 aliphatic carbocycles. The molecule has 4 rings (SSSR count). The van der Waals surface area contributed by atoms with Gasteiger partial charge in [0.05, 0.1) is 11.0 Å². The van der Waals surface area contributed by atoms with E-state index < -0.39 is 0 Å². The maximum atomic E-state index is 5.00. The Morgan fingerprint density at radius 2 is 1.61 bits per heavy atom. The van der Waals surface area contributed by atoms with Gasteiger partial charge in [0.1, 0.15) is 5.82 Å². The Bertz CT molecular complexity index is 1050. The number of rotatable bonds is 8. The van der Waals surface area contributed by atoms with E-state index in [0.717, 1.165) is 50.4 Å². The smallest absolute Gasteiger partial charge is 0.114 e. The number of benzene rings is 3. The van der Waals surface area contributed by atoms with Crippen molar-refractivity contribution in [2.75, 3.05) is 19.6 Å². The number of nitrogens with zero attached hydrogens (tertiary/aromatic N) is 3. The van der Waals surface area contributed by atoms with Crippen LogP contribution in [-0.2, 0) is 13.0 Å². The molecule has 0 amide bonds. The van der Waals surface area contributed by atoms with Crippen molar-refractivity contribution in [1.29, 1.82) is 0 Å². The van der Waals surface area contributed by atoms with E-state index >= 15 is 0 Å². The van der Waals surface area contributed by atoms with Crippen LogP contribution in [0.4, 0.5) is 0 Å². The number of fused-ring (bicyclic) bond motifs is 2. The molecule has 0 aliphatic rings. The molecule has 3 heteroatoms. The average Bonchev–Trinajstić information content (AvgIpc) is 3.09. The normalized spacial score (nSPS) is 11.7. The summed E-state index contributed by atoms with van der Waals surface area (Å²) in [5.74, 6) is 1.16. The fraction of sp³-hybridized carbons (Fsp3) is 0.320. The van der Waals surface area contributed by atoms with Crippen LogP contribution in [0.1, 0.15) is 31.7 Å². The van der Waals surface area contributed by atoms with Crippen molar-refractivity contribution in [2.24, 2.45) is 0 Å². The highest BCUT2D eigenvalue weighted by Gasteiger charge is 2.12. The predicted molar refractivity (Wildman–Crippen MR) is 119 cm³/mol. The summed E-state index contributed by atoms with van der Waals surface area (Å²) in [7, 11) is 0. The summed E-state index contributed by atoms with van der Waals surface area (Å²) in [6.45, 7) is 8.85. The molecule has 4 aromatic rings. The van der Waals surface area contributed by atoms with Gasteiger partial charge in [-0.05, 0) is 54.5 Å². The van der Waals surface area contributed by atoms with Crippen molar-refractivity contribution in [3.63, 3.8) is 0 Å². The van der Waals surface area contributed by atoms with Crippen LogP contribution in [0.2, 0.25) is 0 Å². The summed E-state index contributed by atoms with van der Waals surface area (Å²) in [6, 6.07) is 23.7. The van der Waals surface area contributed by atoms with Crippen LogP contribution in [-0.4, -0.2) is 34.1 Å². The zero-order valence-corrected chi connectivity index (χ0v) is 16.9. The van der Waals surface area contributed by atoms with E-state index in [1.54, 1.807) is 0 Å². The third kappa shape index (κ3) is 3.81. The van der Waals surface area contributed by atoms with Crippen LogP contribution < -0.4 is 0 Å². The second-order valence-corrected chi connectivity index (χ2v) is 7.36. The van der Waals surface area contributed by atoms with Crippen molar-refractivity contribution in [3.8, 4) is 0 Å². The number of hydrogen-bond acceptors (Lipinski definition) is 2. The molecule has 0 spiro atoms. The largest absolute Gasteiger partial charge is 0.328 e. The Morgan fingerprint density at radius 3 is 2.46 bits per heavy atom. The van der Waals surface area contributed by atoms with Gasteiger partial charge < -0.3 is 9.47 Å². The SMILES string of the molecule is CCN(CC)CCCn1c(Cc2cccc3ccccc23)nc2ccccc21. The van der Waals surface area contributed by atoms with Gasteiger partial charge in [0, 0.05) is 13.0 Å². The second kappa shape index (κ2) is 8.57. The molecule has 0 saturated heterocycles. The Balaban J connectivity index is 1.66. The minimum atomic E-state index is 0.862. The maximum Gasteiger partial charge on any atom is 0.114 e.